The second-order valence-corrected chi connectivity index (χ2v) is 2.95. The average Bonchev–Trinajstić information content (AvgIpc) is 2.24. The standard InChI is InChI=1S/C9H16N2O.C2H6/c1-4-10-8-5-6-11(2)7-9(8)12-3;1-2/h4H,5-7H2,1-3H3;1-2H3. The Balaban J connectivity index is 0.000000791. The van der Waals surface area contributed by atoms with E-state index in [0.29, 0.717) is 0 Å². The van der Waals surface area contributed by atoms with Crippen LogP contribution >= 0.6 is 0 Å². The van der Waals surface area contributed by atoms with Crippen LogP contribution in [0.4, 0.5) is 0 Å². The van der Waals surface area contributed by atoms with Crippen molar-refractivity contribution in [2.75, 3.05) is 27.2 Å². The second-order valence-electron chi connectivity index (χ2n) is 2.95. The van der Waals surface area contributed by atoms with E-state index in [0.717, 1.165) is 31.0 Å². The van der Waals surface area contributed by atoms with Gasteiger partial charge in [0.1, 0.15) is 5.76 Å². The molecule has 0 bridgehead atoms. The summed E-state index contributed by atoms with van der Waals surface area (Å²) in [6.45, 7) is 7.88. The maximum atomic E-state index is 5.25. The number of likely N-dealkylation sites (N-methyl/N-ethyl adjacent to an activating group) is 1. The fraction of sp³-hybridized carbons (Fsp3) is 0.727. The van der Waals surface area contributed by atoms with E-state index in [9.17, 15) is 0 Å². The van der Waals surface area contributed by atoms with Crippen molar-refractivity contribution >= 4 is 6.21 Å². The summed E-state index contributed by atoms with van der Waals surface area (Å²) in [5, 5.41) is 0. The van der Waals surface area contributed by atoms with Gasteiger partial charge < -0.3 is 4.74 Å². The highest BCUT2D eigenvalue weighted by molar-refractivity contribution is 5.55. The number of hydrogen-bond donors (Lipinski definition) is 0. The molecule has 0 aliphatic carbocycles. The van der Waals surface area contributed by atoms with Crippen molar-refractivity contribution in [3.05, 3.63) is 11.5 Å². The van der Waals surface area contributed by atoms with Gasteiger partial charge in [0.25, 0.3) is 0 Å². The van der Waals surface area contributed by atoms with Crippen LogP contribution in [0.3, 0.4) is 0 Å². The van der Waals surface area contributed by atoms with Crippen LogP contribution in [0.15, 0.2) is 16.4 Å². The van der Waals surface area contributed by atoms with Gasteiger partial charge >= 0.3 is 0 Å². The Morgan fingerprint density at radius 1 is 1.43 bits per heavy atom. The number of aliphatic imine (C=N–C) groups is 1. The van der Waals surface area contributed by atoms with Gasteiger partial charge in [0.05, 0.1) is 19.4 Å². The second kappa shape index (κ2) is 7.56. The summed E-state index contributed by atoms with van der Waals surface area (Å²) in [6.07, 6.45) is 2.81. The Morgan fingerprint density at radius 2 is 2.07 bits per heavy atom. The van der Waals surface area contributed by atoms with Crippen LogP contribution in [0.2, 0.25) is 0 Å². The third kappa shape index (κ3) is 3.92. The first-order chi connectivity index (χ1) is 6.77. The van der Waals surface area contributed by atoms with E-state index in [-0.39, 0.29) is 0 Å². The van der Waals surface area contributed by atoms with Gasteiger partial charge in [-0.1, -0.05) is 13.8 Å². The normalized spacial score (nSPS) is 18.1. The molecule has 0 N–H and O–H groups in total. The number of hydrogen-bond acceptors (Lipinski definition) is 3. The van der Waals surface area contributed by atoms with Crippen molar-refractivity contribution in [3.8, 4) is 0 Å². The van der Waals surface area contributed by atoms with Crippen molar-refractivity contribution in [1.29, 1.82) is 0 Å². The number of rotatable bonds is 2. The Kier molecular flexibility index (Phi) is 7.11. The number of nitrogens with zero attached hydrogens (tertiary/aromatic N) is 2. The quantitative estimate of drug-likeness (QED) is 0.636. The molecule has 0 aromatic carbocycles. The lowest BCUT2D eigenvalue weighted by Crippen LogP contribution is -2.28. The van der Waals surface area contributed by atoms with Crippen molar-refractivity contribution in [2.45, 2.75) is 27.2 Å². The zero-order valence-corrected chi connectivity index (χ0v) is 10.0. The van der Waals surface area contributed by atoms with Crippen LogP contribution in [-0.2, 0) is 4.74 Å². The molecule has 0 spiro atoms. The van der Waals surface area contributed by atoms with Gasteiger partial charge in [-0.25, -0.2) is 0 Å². The number of ether oxygens (including phenoxy) is 1. The van der Waals surface area contributed by atoms with E-state index in [2.05, 4.69) is 16.9 Å². The molecule has 0 amide bonds. The van der Waals surface area contributed by atoms with Gasteiger partial charge in [0.15, 0.2) is 0 Å². The minimum atomic E-state index is 0.878. The SMILES string of the molecule is CC.CC=NC1=C(OC)CN(C)CC1. The molecule has 14 heavy (non-hydrogen) atoms. The topological polar surface area (TPSA) is 24.8 Å². The molecule has 0 unspecified atom stereocenters. The predicted octanol–water partition coefficient (Wildman–Crippen LogP) is 2.30. The van der Waals surface area contributed by atoms with E-state index in [1.807, 2.05) is 27.0 Å². The highest BCUT2D eigenvalue weighted by Crippen LogP contribution is 2.17. The Morgan fingerprint density at radius 3 is 2.57 bits per heavy atom. The first-order valence-corrected chi connectivity index (χ1v) is 5.21. The van der Waals surface area contributed by atoms with Gasteiger partial charge in [-0.05, 0) is 14.0 Å². The van der Waals surface area contributed by atoms with Crippen molar-refractivity contribution in [1.82, 2.24) is 4.90 Å². The van der Waals surface area contributed by atoms with Gasteiger partial charge in [0, 0.05) is 19.2 Å². The molecule has 0 saturated heterocycles. The van der Waals surface area contributed by atoms with Gasteiger partial charge in [-0.2, -0.15) is 0 Å². The van der Waals surface area contributed by atoms with Gasteiger partial charge in [0.2, 0.25) is 0 Å². The van der Waals surface area contributed by atoms with Crippen molar-refractivity contribution < 1.29 is 4.74 Å². The van der Waals surface area contributed by atoms with E-state index >= 15 is 0 Å². The van der Waals surface area contributed by atoms with Crippen LogP contribution in [0, 0.1) is 0 Å². The van der Waals surface area contributed by atoms with Crippen molar-refractivity contribution in [2.24, 2.45) is 4.99 Å². The molecule has 0 aromatic rings. The molecule has 1 heterocycles. The molecule has 0 radical (unpaired) electrons. The average molecular weight is 198 g/mol. The third-order valence-corrected chi connectivity index (χ3v) is 2.00. The molecule has 0 saturated carbocycles. The Hall–Kier alpha value is -0.830. The highest BCUT2D eigenvalue weighted by atomic mass is 16.5. The molecule has 3 nitrogen and oxygen atoms in total. The maximum Gasteiger partial charge on any atom is 0.131 e. The summed E-state index contributed by atoms with van der Waals surface area (Å²) in [7, 11) is 3.80. The van der Waals surface area contributed by atoms with Crippen LogP contribution in [0.5, 0.6) is 0 Å². The number of methoxy groups -OCH3 is 1. The first kappa shape index (κ1) is 13.2. The molecule has 1 aliphatic heterocycles. The molecule has 1 aliphatic rings. The zero-order valence-electron chi connectivity index (χ0n) is 10.0. The predicted molar refractivity (Wildman–Crippen MR) is 61.7 cm³/mol. The van der Waals surface area contributed by atoms with Crippen molar-refractivity contribution in [3.63, 3.8) is 0 Å². The molecular weight excluding hydrogens is 176 g/mol. The van der Waals surface area contributed by atoms with Gasteiger partial charge in [-0.15, -0.1) is 0 Å². The van der Waals surface area contributed by atoms with Crippen LogP contribution in [-0.4, -0.2) is 38.4 Å². The minimum Gasteiger partial charge on any atom is -0.498 e. The Bertz CT molecular complexity index is 209. The lowest BCUT2D eigenvalue weighted by molar-refractivity contribution is 0.213. The fourth-order valence-corrected chi connectivity index (χ4v) is 1.33. The summed E-state index contributed by atoms with van der Waals surface area (Å²) in [5.41, 5.74) is 1.10. The summed E-state index contributed by atoms with van der Waals surface area (Å²) in [6, 6.07) is 0. The van der Waals surface area contributed by atoms with E-state index in [1.54, 1.807) is 7.11 Å². The molecule has 0 fully saturated rings. The minimum absolute atomic E-state index is 0.878. The smallest absolute Gasteiger partial charge is 0.131 e. The lowest BCUT2D eigenvalue weighted by atomic mass is 10.2. The van der Waals surface area contributed by atoms with Crippen LogP contribution in [0.1, 0.15) is 27.2 Å². The largest absolute Gasteiger partial charge is 0.498 e. The summed E-state index contributed by atoms with van der Waals surface area (Å²) in [4.78, 5) is 6.50. The molecule has 3 heteroatoms. The van der Waals surface area contributed by atoms with Crippen LogP contribution < -0.4 is 0 Å². The van der Waals surface area contributed by atoms with E-state index in [4.69, 9.17) is 4.74 Å². The third-order valence-electron chi connectivity index (χ3n) is 2.00. The fourth-order valence-electron chi connectivity index (χ4n) is 1.33. The maximum absolute atomic E-state index is 5.25. The molecule has 1 rings (SSSR count). The monoisotopic (exact) mass is 198 g/mol. The Labute approximate surface area is 87.5 Å². The van der Waals surface area contributed by atoms with E-state index < -0.39 is 0 Å². The molecule has 0 atom stereocenters. The highest BCUT2D eigenvalue weighted by Gasteiger charge is 2.15. The molecular formula is C11H22N2O. The zero-order chi connectivity index (χ0) is 11.0. The lowest BCUT2D eigenvalue weighted by Gasteiger charge is -2.24. The summed E-state index contributed by atoms with van der Waals surface area (Å²) >= 11 is 0. The van der Waals surface area contributed by atoms with E-state index in [1.165, 1.54) is 0 Å². The molecule has 82 valence electrons. The summed E-state index contributed by atoms with van der Waals surface area (Å²) in [5.74, 6) is 1.00. The van der Waals surface area contributed by atoms with Gasteiger partial charge in [-0.3, -0.25) is 9.89 Å². The summed E-state index contributed by atoms with van der Waals surface area (Å²) < 4.78 is 5.25. The molecule has 0 aromatic heterocycles. The first-order valence-electron chi connectivity index (χ1n) is 5.21. The van der Waals surface area contributed by atoms with Crippen LogP contribution in [0.25, 0.3) is 0 Å².